The first-order chi connectivity index (χ1) is 8.33. The maximum atomic E-state index is 5.85. The molecule has 0 unspecified atom stereocenters. The highest BCUT2D eigenvalue weighted by molar-refractivity contribution is 6.61. The summed E-state index contributed by atoms with van der Waals surface area (Å²) in [4.78, 5) is 0. The summed E-state index contributed by atoms with van der Waals surface area (Å²) in [5, 5.41) is 3.36. The molecule has 0 aromatic heterocycles. The molecular weight excluding hydrogens is 238 g/mol. The van der Waals surface area contributed by atoms with Crippen LogP contribution in [0.2, 0.25) is 0 Å². The van der Waals surface area contributed by atoms with Gasteiger partial charge in [0.05, 0.1) is 13.2 Å². The largest absolute Gasteiger partial charge is 0.522 e. The minimum atomic E-state index is -2.40. The Labute approximate surface area is 104 Å². The molecule has 0 aliphatic carbocycles. The van der Waals surface area contributed by atoms with E-state index in [-0.39, 0.29) is 0 Å². The summed E-state index contributed by atoms with van der Waals surface area (Å²) in [5.74, 6) is 0. The van der Waals surface area contributed by atoms with E-state index in [0.717, 1.165) is 52.5 Å². The highest BCUT2D eigenvalue weighted by Crippen LogP contribution is 2.19. The molecule has 0 saturated carbocycles. The second-order valence-corrected chi connectivity index (χ2v) is 7.47. The van der Waals surface area contributed by atoms with Gasteiger partial charge in [0.2, 0.25) is 0 Å². The molecule has 6 nitrogen and oxygen atoms in total. The minimum Gasteiger partial charge on any atom is -0.379 e. The van der Waals surface area contributed by atoms with Crippen molar-refractivity contribution in [3.05, 3.63) is 0 Å². The van der Waals surface area contributed by atoms with Crippen molar-refractivity contribution in [3.8, 4) is 0 Å². The van der Waals surface area contributed by atoms with Crippen LogP contribution in [0.25, 0.3) is 0 Å². The summed E-state index contributed by atoms with van der Waals surface area (Å²) in [7, 11) is 1.15. The van der Waals surface area contributed by atoms with E-state index in [1.165, 1.54) is 0 Å². The fourth-order valence-corrected chi connectivity index (χ4v) is 5.73. The topological polar surface area (TPSA) is 46.2 Å². The van der Waals surface area contributed by atoms with Crippen LogP contribution in [0.15, 0.2) is 0 Å². The smallest absolute Gasteiger partial charge is 0.379 e. The van der Waals surface area contributed by atoms with Crippen LogP contribution < -0.4 is 5.32 Å². The second-order valence-electron chi connectivity index (χ2n) is 4.29. The van der Waals surface area contributed by atoms with Gasteiger partial charge in [0, 0.05) is 53.5 Å². The maximum absolute atomic E-state index is 5.85. The normalized spacial score (nSPS) is 25.1. The van der Waals surface area contributed by atoms with E-state index in [1.807, 2.05) is 0 Å². The molecule has 0 aromatic rings. The monoisotopic (exact) mass is 261 g/mol. The SMILES string of the molecule is CO[Si](OC)(N1CCNCC1)N1CCOCC1. The van der Waals surface area contributed by atoms with Crippen molar-refractivity contribution in [2.24, 2.45) is 0 Å². The van der Waals surface area contributed by atoms with Gasteiger partial charge in [-0.2, -0.15) is 0 Å². The molecule has 2 saturated heterocycles. The molecule has 2 aliphatic rings. The van der Waals surface area contributed by atoms with E-state index in [4.69, 9.17) is 13.6 Å². The first kappa shape index (κ1) is 13.4. The summed E-state index contributed by atoms with van der Waals surface area (Å²) in [6.07, 6.45) is 0. The van der Waals surface area contributed by atoms with Crippen LogP contribution in [-0.2, 0) is 13.6 Å². The lowest BCUT2D eigenvalue weighted by Crippen LogP contribution is -2.73. The van der Waals surface area contributed by atoms with Gasteiger partial charge in [0.1, 0.15) is 0 Å². The van der Waals surface area contributed by atoms with Gasteiger partial charge in [-0.1, -0.05) is 0 Å². The van der Waals surface area contributed by atoms with E-state index in [9.17, 15) is 0 Å². The van der Waals surface area contributed by atoms with Crippen molar-refractivity contribution < 1.29 is 13.6 Å². The van der Waals surface area contributed by atoms with E-state index in [2.05, 4.69) is 14.4 Å². The number of ether oxygens (including phenoxy) is 1. The lowest BCUT2D eigenvalue weighted by Gasteiger charge is -2.46. The third kappa shape index (κ3) is 2.70. The molecule has 2 rings (SSSR count). The Morgan fingerprint density at radius 3 is 2.00 bits per heavy atom. The van der Waals surface area contributed by atoms with Crippen LogP contribution in [0.5, 0.6) is 0 Å². The number of nitrogens with zero attached hydrogens (tertiary/aromatic N) is 2. The van der Waals surface area contributed by atoms with Crippen molar-refractivity contribution in [2.45, 2.75) is 0 Å². The Hall–Kier alpha value is -0.0231. The average molecular weight is 261 g/mol. The van der Waals surface area contributed by atoms with Crippen molar-refractivity contribution in [2.75, 3.05) is 66.7 Å². The van der Waals surface area contributed by atoms with E-state index >= 15 is 0 Å². The Morgan fingerprint density at radius 2 is 1.47 bits per heavy atom. The highest BCUT2D eigenvalue weighted by atomic mass is 28.4. The fraction of sp³-hybridized carbons (Fsp3) is 1.00. The predicted molar refractivity (Wildman–Crippen MR) is 66.6 cm³/mol. The van der Waals surface area contributed by atoms with Gasteiger partial charge < -0.3 is 18.9 Å². The zero-order chi connectivity index (χ0) is 12.1. The minimum absolute atomic E-state index is 0.771. The van der Waals surface area contributed by atoms with Gasteiger partial charge in [-0.25, -0.2) is 0 Å². The summed E-state index contributed by atoms with van der Waals surface area (Å²) < 4.78 is 21.8. The molecule has 1 N–H and O–H groups in total. The van der Waals surface area contributed by atoms with Crippen LogP contribution in [-0.4, -0.2) is 84.7 Å². The molecular formula is C10H23N3O3Si. The van der Waals surface area contributed by atoms with Gasteiger partial charge in [-0.15, -0.1) is 0 Å². The van der Waals surface area contributed by atoms with Crippen molar-refractivity contribution in [1.29, 1.82) is 0 Å². The van der Waals surface area contributed by atoms with Gasteiger partial charge in [0.15, 0.2) is 0 Å². The van der Waals surface area contributed by atoms with Crippen LogP contribution in [0, 0.1) is 0 Å². The molecule has 0 aromatic carbocycles. The molecule has 2 aliphatic heterocycles. The number of hydrogen-bond donors (Lipinski definition) is 1. The number of hydrogen-bond acceptors (Lipinski definition) is 6. The number of rotatable bonds is 4. The molecule has 2 heterocycles. The van der Waals surface area contributed by atoms with Crippen molar-refractivity contribution in [1.82, 2.24) is 14.4 Å². The maximum Gasteiger partial charge on any atom is 0.522 e. The quantitative estimate of drug-likeness (QED) is 0.652. The van der Waals surface area contributed by atoms with Crippen molar-refractivity contribution >= 4 is 8.88 Å². The number of piperazine rings is 1. The molecule has 0 amide bonds. The van der Waals surface area contributed by atoms with Gasteiger partial charge >= 0.3 is 8.88 Å². The molecule has 17 heavy (non-hydrogen) atoms. The van der Waals surface area contributed by atoms with E-state index < -0.39 is 8.88 Å². The summed E-state index contributed by atoms with van der Waals surface area (Å²) in [6.45, 7) is 7.34. The third-order valence-corrected chi connectivity index (χ3v) is 7.02. The molecule has 100 valence electrons. The summed E-state index contributed by atoms with van der Waals surface area (Å²) in [6, 6.07) is 0. The first-order valence-corrected chi connectivity index (χ1v) is 7.93. The van der Waals surface area contributed by atoms with Crippen LogP contribution in [0.1, 0.15) is 0 Å². The Bertz CT molecular complexity index is 209. The average Bonchev–Trinajstić information content (AvgIpc) is 2.43. The second kappa shape index (κ2) is 6.23. The molecule has 0 spiro atoms. The zero-order valence-electron chi connectivity index (χ0n) is 10.8. The third-order valence-electron chi connectivity index (χ3n) is 3.46. The Kier molecular flexibility index (Phi) is 4.92. The molecule has 2 fully saturated rings. The lowest BCUT2D eigenvalue weighted by molar-refractivity contribution is 0.0172. The molecule has 7 heteroatoms. The van der Waals surface area contributed by atoms with E-state index in [1.54, 1.807) is 14.2 Å². The number of nitrogens with one attached hydrogen (secondary N) is 1. The van der Waals surface area contributed by atoms with Crippen LogP contribution in [0.3, 0.4) is 0 Å². The molecule has 0 radical (unpaired) electrons. The van der Waals surface area contributed by atoms with Crippen molar-refractivity contribution in [3.63, 3.8) is 0 Å². The molecule has 0 bridgehead atoms. The van der Waals surface area contributed by atoms with Gasteiger partial charge in [0.25, 0.3) is 0 Å². The molecule has 0 atom stereocenters. The van der Waals surface area contributed by atoms with Gasteiger partial charge in [-0.3, -0.25) is 9.13 Å². The Morgan fingerprint density at radius 1 is 0.941 bits per heavy atom. The predicted octanol–water partition coefficient (Wildman–Crippen LogP) is -1.05. The number of morpholine rings is 1. The summed E-state index contributed by atoms with van der Waals surface area (Å²) in [5.41, 5.74) is 0. The van der Waals surface area contributed by atoms with E-state index in [0.29, 0.717) is 0 Å². The Balaban J connectivity index is 2.10. The first-order valence-electron chi connectivity index (χ1n) is 6.22. The van der Waals surface area contributed by atoms with Crippen LogP contribution in [0.4, 0.5) is 0 Å². The fourth-order valence-electron chi connectivity index (χ4n) is 2.59. The lowest BCUT2D eigenvalue weighted by atomic mass is 10.4. The van der Waals surface area contributed by atoms with Gasteiger partial charge in [-0.05, 0) is 0 Å². The van der Waals surface area contributed by atoms with Crippen LogP contribution >= 0.6 is 0 Å². The zero-order valence-corrected chi connectivity index (χ0v) is 11.8. The standard InChI is InChI=1S/C10H23N3O3Si/c1-14-17(15-2,12-5-3-11-4-6-12)13-7-9-16-10-8-13/h11H,3-10H2,1-2H3. The highest BCUT2D eigenvalue weighted by Gasteiger charge is 2.51. The summed E-state index contributed by atoms with van der Waals surface area (Å²) >= 11 is 0.